The number of phenols is 1. The molecule has 0 bridgehead atoms. The third-order valence-corrected chi connectivity index (χ3v) is 15.0. The summed E-state index contributed by atoms with van der Waals surface area (Å²) >= 11 is 0. The molecule has 4 aliphatic heterocycles. The zero-order chi connectivity index (χ0) is 56.4. The molecule has 430 valence electrons. The Bertz CT molecular complexity index is 3490. The number of carbonyl (C=O) groups is 1. The molecule has 1 amide bonds. The van der Waals surface area contributed by atoms with Gasteiger partial charge in [0.25, 0.3) is 0 Å². The number of ether oxygens (including phenoxy) is 7. The summed E-state index contributed by atoms with van der Waals surface area (Å²) in [5, 5.41) is 16.2. The number of pyridine rings is 2. The highest BCUT2D eigenvalue weighted by atomic mass is 16.7. The molecule has 4 saturated heterocycles. The summed E-state index contributed by atoms with van der Waals surface area (Å²) in [6.45, 7) is 19.1. The lowest BCUT2D eigenvalue weighted by atomic mass is 10.0. The van der Waals surface area contributed by atoms with Gasteiger partial charge < -0.3 is 53.0 Å². The van der Waals surface area contributed by atoms with Crippen molar-refractivity contribution in [3.63, 3.8) is 0 Å². The molecule has 20 heteroatoms. The van der Waals surface area contributed by atoms with E-state index in [9.17, 15) is 9.90 Å². The second-order valence-electron chi connectivity index (χ2n) is 21.9. The van der Waals surface area contributed by atoms with Crippen molar-refractivity contribution in [2.24, 2.45) is 0 Å². The number of fused-ring (bicyclic) bond motifs is 4. The molecule has 0 unspecified atom stereocenters. The van der Waals surface area contributed by atoms with Crippen LogP contribution >= 0.6 is 0 Å². The molecular weight excluding hydrogens is 1040 g/mol. The van der Waals surface area contributed by atoms with Crippen molar-refractivity contribution in [1.82, 2.24) is 44.6 Å². The number of nitrogens with zero attached hydrogens (tertiary/aromatic N) is 11. The Kier molecular flexibility index (Phi) is 17.8. The number of morpholine rings is 2. The molecule has 0 radical (unpaired) electrons. The Hall–Kier alpha value is -7.75. The Morgan fingerprint density at radius 1 is 0.573 bits per heavy atom. The van der Waals surface area contributed by atoms with Gasteiger partial charge in [0.15, 0.2) is 6.79 Å². The molecular formula is C62H73N11O9. The van der Waals surface area contributed by atoms with Crippen molar-refractivity contribution >= 4 is 61.1 Å². The maximum Gasteiger partial charge on any atom is 0.410 e. The van der Waals surface area contributed by atoms with Crippen molar-refractivity contribution in [1.29, 1.82) is 0 Å². The van der Waals surface area contributed by atoms with Gasteiger partial charge in [0.05, 0.1) is 59.6 Å². The van der Waals surface area contributed by atoms with E-state index in [-0.39, 0.29) is 18.6 Å². The minimum absolute atomic E-state index is 0.145. The van der Waals surface area contributed by atoms with Crippen LogP contribution in [0.2, 0.25) is 0 Å². The van der Waals surface area contributed by atoms with E-state index in [0.717, 1.165) is 169 Å². The number of amides is 1. The third-order valence-electron chi connectivity index (χ3n) is 15.0. The van der Waals surface area contributed by atoms with Gasteiger partial charge in [-0.25, -0.2) is 4.79 Å². The Morgan fingerprint density at radius 3 is 1.62 bits per heavy atom. The summed E-state index contributed by atoms with van der Waals surface area (Å²) in [7, 11) is 1.60. The van der Waals surface area contributed by atoms with E-state index in [1.54, 1.807) is 24.1 Å². The molecule has 8 aromatic rings. The van der Waals surface area contributed by atoms with Crippen LogP contribution in [-0.2, 0) is 18.9 Å². The molecule has 0 atom stereocenters. The Labute approximate surface area is 477 Å². The van der Waals surface area contributed by atoms with Crippen LogP contribution in [0.5, 0.6) is 23.5 Å². The SMILES string of the molecule is COCOc1cc(-c2cc3nc(OCCN4CCOCC4)nc(N4CCN(C(=O)OC(C)(C)C)CC4)c3cn2)c2ccccc2c1.Oc1cc(-c2cc3nc(OCCN4CCOCC4)nc(N4CCCCC4)c3cn2)c2ccccc2c1. The molecule has 0 saturated carbocycles. The van der Waals surface area contributed by atoms with Gasteiger partial charge in [0.2, 0.25) is 0 Å². The summed E-state index contributed by atoms with van der Waals surface area (Å²) in [5.41, 5.74) is 4.28. The summed E-state index contributed by atoms with van der Waals surface area (Å²) in [6, 6.07) is 28.4. The van der Waals surface area contributed by atoms with Gasteiger partial charge in [-0.3, -0.25) is 19.8 Å². The number of methoxy groups -OCH3 is 1. The number of hydrogen-bond donors (Lipinski definition) is 1. The van der Waals surface area contributed by atoms with Crippen LogP contribution in [-0.4, -0.2) is 193 Å². The molecule has 0 aliphatic carbocycles. The number of phenolic OH excluding ortho intramolecular Hbond substituents is 1. The molecule has 0 spiro atoms. The minimum Gasteiger partial charge on any atom is -0.508 e. The average Bonchev–Trinajstić information content (AvgIpc) is 3.69. The van der Waals surface area contributed by atoms with E-state index in [2.05, 4.69) is 37.8 Å². The molecule has 4 aromatic carbocycles. The number of piperazine rings is 1. The van der Waals surface area contributed by atoms with E-state index in [4.69, 9.17) is 63.1 Å². The van der Waals surface area contributed by atoms with E-state index in [0.29, 0.717) is 57.2 Å². The number of benzene rings is 4. The highest BCUT2D eigenvalue weighted by Crippen LogP contribution is 2.37. The van der Waals surface area contributed by atoms with Crippen molar-refractivity contribution in [2.75, 3.05) is 142 Å². The van der Waals surface area contributed by atoms with E-state index >= 15 is 0 Å². The van der Waals surface area contributed by atoms with E-state index in [1.165, 1.54) is 6.42 Å². The van der Waals surface area contributed by atoms with Crippen LogP contribution in [0.25, 0.3) is 65.9 Å². The predicted octanol–water partition coefficient (Wildman–Crippen LogP) is 8.85. The average molecular weight is 1120 g/mol. The molecule has 82 heavy (non-hydrogen) atoms. The summed E-state index contributed by atoms with van der Waals surface area (Å²) < 4.78 is 39.8. The maximum atomic E-state index is 12.7. The normalized spacial score (nSPS) is 16.6. The highest BCUT2D eigenvalue weighted by molar-refractivity contribution is 6.01. The number of hydrogen-bond acceptors (Lipinski definition) is 19. The van der Waals surface area contributed by atoms with Crippen molar-refractivity contribution in [2.45, 2.75) is 45.6 Å². The van der Waals surface area contributed by atoms with Crippen LogP contribution < -0.4 is 24.0 Å². The molecule has 20 nitrogen and oxygen atoms in total. The first kappa shape index (κ1) is 56.1. The van der Waals surface area contributed by atoms with Gasteiger partial charge in [-0.1, -0.05) is 48.5 Å². The van der Waals surface area contributed by atoms with E-state index in [1.807, 2.05) is 87.8 Å². The predicted molar refractivity (Wildman–Crippen MR) is 316 cm³/mol. The second-order valence-corrected chi connectivity index (χ2v) is 21.9. The monoisotopic (exact) mass is 1120 g/mol. The van der Waals surface area contributed by atoms with Gasteiger partial charge >= 0.3 is 18.1 Å². The van der Waals surface area contributed by atoms with E-state index < -0.39 is 5.60 Å². The fraction of sp³-hybridized carbons (Fsp3) is 0.435. The number of rotatable bonds is 15. The van der Waals surface area contributed by atoms with Crippen LogP contribution in [0, 0.1) is 0 Å². The van der Waals surface area contributed by atoms with Gasteiger partial charge in [0, 0.05) is 109 Å². The number of aromatic nitrogens is 6. The Balaban J connectivity index is 0.000000177. The third kappa shape index (κ3) is 13.8. The first-order valence-corrected chi connectivity index (χ1v) is 28.6. The fourth-order valence-corrected chi connectivity index (χ4v) is 10.8. The summed E-state index contributed by atoms with van der Waals surface area (Å²) in [5.74, 6) is 2.53. The van der Waals surface area contributed by atoms with Crippen molar-refractivity contribution < 1.29 is 43.1 Å². The summed E-state index contributed by atoms with van der Waals surface area (Å²) in [6.07, 6.45) is 6.94. The first-order chi connectivity index (χ1) is 40.0. The molecule has 8 heterocycles. The smallest absolute Gasteiger partial charge is 0.410 e. The maximum absolute atomic E-state index is 12.7. The largest absolute Gasteiger partial charge is 0.508 e. The second kappa shape index (κ2) is 26.0. The van der Waals surface area contributed by atoms with Crippen LogP contribution in [0.4, 0.5) is 16.4 Å². The first-order valence-electron chi connectivity index (χ1n) is 28.6. The van der Waals surface area contributed by atoms with Crippen molar-refractivity contribution in [3.05, 3.63) is 97.3 Å². The minimum atomic E-state index is -0.547. The molecule has 4 aliphatic rings. The standard InChI is InChI=1S/C34H42N6O6.C28H31N5O3/c1-34(2,3)46-33(41)40-11-9-39(10-12-40)31-28-22-35-29(27-20-25(45-23-42-4)19-24-7-5-6-8-26(24)27)21-30(28)36-32(37-31)44-18-15-38-13-16-43-17-14-38;34-21-16-20-6-2-3-7-22(20)23(17-21)25-18-26-24(19-29-25)27(33-8-4-1-5-9-33)31-28(30-26)36-15-12-32-10-13-35-14-11-32/h5-8,19-22H,9-18,23H2,1-4H3;2-3,6-7,16-19,34H,1,4-5,8-15H2. The number of aromatic hydroxyl groups is 1. The van der Waals surface area contributed by atoms with Crippen LogP contribution in [0.15, 0.2) is 97.3 Å². The topological polar surface area (TPSA) is 195 Å². The number of anilines is 2. The van der Waals surface area contributed by atoms with Crippen LogP contribution in [0.1, 0.15) is 40.0 Å². The lowest BCUT2D eigenvalue weighted by Crippen LogP contribution is -2.50. The molecule has 12 rings (SSSR count). The molecule has 4 aromatic heterocycles. The van der Waals surface area contributed by atoms with Crippen molar-refractivity contribution in [3.8, 4) is 46.0 Å². The highest BCUT2D eigenvalue weighted by Gasteiger charge is 2.29. The number of piperidine rings is 1. The number of carbonyl (C=O) groups excluding carboxylic acids is 1. The Morgan fingerprint density at radius 2 is 1.09 bits per heavy atom. The van der Waals surface area contributed by atoms with Gasteiger partial charge in [-0.2, -0.15) is 19.9 Å². The summed E-state index contributed by atoms with van der Waals surface area (Å²) in [4.78, 5) is 52.7. The lowest BCUT2D eigenvalue weighted by Gasteiger charge is -2.36. The lowest BCUT2D eigenvalue weighted by molar-refractivity contribution is 0.0239. The zero-order valence-corrected chi connectivity index (χ0v) is 47.4. The van der Waals surface area contributed by atoms with Gasteiger partial charge in [-0.05, 0) is 98.0 Å². The molecule has 4 fully saturated rings. The molecule has 1 N–H and O–H groups in total. The fourth-order valence-electron chi connectivity index (χ4n) is 10.8. The van der Waals surface area contributed by atoms with Gasteiger partial charge in [-0.15, -0.1) is 0 Å². The van der Waals surface area contributed by atoms with Gasteiger partial charge in [0.1, 0.15) is 41.9 Å². The zero-order valence-electron chi connectivity index (χ0n) is 47.4. The van der Waals surface area contributed by atoms with Crippen LogP contribution in [0.3, 0.4) is 0 Å². The quantitative estimate of drug-likeness (QED) is 0.0955.